The van der Waals surface area contributed by atoms with Crippen LogP contribution < -0.4 is 5.32 Å². The Morgan fingerprint density at radius 1 is 1.28 bits per heavy atom. The average Bonchev–Trinajstić information content (AvgIpc) is 2.92. The molecule has 18 heavy (non-hydrogen) atoms. The van der Waals surface area contributed by atoms with Crippen molar-refractivity contribution in [3.8, 4) is 6.07 Å². The Balaban J connectivity index is 1.86. The highest BCUT2D eigenvalue weighted by molar-refractivity contribution is 5.94. The minimum absolute atomic E-state index is 0.147. The summed E-state index contributed by atoms with van der Waals surface area (Å²) in [6, 6.07) is 12.2. The van der Waals surface area contributed by atoms with Gasteiger partial charge in [-0.05, 0) is 36.4 Å². The van der Waals surface area contributed by atoms with Crippen molar-refractivity contribution in [1.29, 1.82) is 5.26 Å². The Hall–Kier alpha value is -2.54. The van der Waals surface area contributed by atoms with E-state index >= 15 is 0 Å². The zero-order chi connectivity index (χ0) is 12.8. The predicted molar refractivity (Wildman–Crippen MR) is 65.9 cm³/mol. The lowest BCUT2D eigenvalue weighted by molar-refractivity contribution is 0.0953. The lowest BCUT2D eigenvalue weighted by Gasteiger charge is -2.03. The molecular weight excluding hydrogens is 228 g/mol. The lowest BCUT2D eigenvalue weighted by Crippen LogP contribution is -2.25. The molecule has 0 aliphatic carbocycles. The van der Waals surface area contributed by atoms with E-state index in [2.05, 4.69) is 5.32 Å². The number of hydrogen-bond acceptors (Lipinski definition) is 3. The molecule has 0 radical (unpaired) electrons. The van der Waals surface area contributed by atoms with E-state index in [0.29, 0.717) is 24.1 Å². The summed E-state index contributed by atoms with van der Waals surface area (Å²) in [5.74, 6) is 0.696. The van der Waals surface area contributed by atoms with Crippen LogP contribution in [0.15, 0.2) is 47.1 Å². The van der Waals surface area contributed by atoms with Gasteiger partial charge in [0.2, 0.25) is 0 Å². The number of rotatable bonds is 4. The SMILES string of the molecule is N#Cc1ccc(C(=O)NCCc2ccco2)cc1. The normalized spacial score (nSPS) is 9.72. The van der Waals surface area contributed by atoms with Gasteiger partial charge in [0, 0.05) is 18.5 Å². The number of nitrogens with one attached hydrogen (secondary N) is 1. The second-order valence-electron chi connectivity index (χ2n) is 3.77. The quantitative estimate of drug-likeness (QED) is 0.890. The molecule has 2 aromatic rings. The van der Waals surface area contributed by atoms with Gasteiger partial charge in [-0.1, -0.05) is 0 Å². The molecule has 0 atom stereocenters. The average molecular weight is 240 g/mol. The van der Waals surface area contributed by atoms with E-state index in [-0.39, 0.29) is 5.91 Å². The molecule has 1 aromatic carbocycles. The van der Waals surface area contributed by atoms with Crippen molar-refractivity contribution in [1.82, 2.24) is 5.32 Å². The fourth-order valence-corrected chi connectivity index (χ4v) is 1.55. The number of carbonyl (C=O) groups excluding carboxylic acids is 1. The third kappa shape index (κ3) is 2.98. The Morgan fingerprint density at radius 3 is 2.67 bits per heavy atom. The highest BCUT2D eigenvalue weighted by Gasteiger charge is 2.05. The van der Waals surface area contributed by atoms with Gasteiger partial charge < -0.3 is 9.73 Å². The zero-order valence-corrected chi connectivity index (χ0v) is 9.72. The number of nitrogens with zero attached hydrogens (tertiary/aromatic N) is 1. The number of carbonyl (C=O) groups is 1. The van der Waals surface area contributed by atoms with Crippen molar-refractivity contribution >= 4 is 5.91 Å². The summed E-state index contributed by atoms with van der Waals surface area (Å²) in [7, 11) is 0. The number of amides is 1. The third-order valence-corrected chi connectivity index (χ3v) is 2.51. The molecule has 1 heterocycles. The predicted octanol–water partition coefficient (Wildman–Crippen LogP) is 2.12. The van der Waals surface area contributed by atoms with Crippen molar-refractivity contribution in [2.24, 2.45) is 0 Å². The minimum Gasteiger partial charge on any atom is -0.469 e. The van der Waals surface area contributed by atoms with Crippen LogP contribution in [-0.2, 0) is 6.42 Å². The molecule has 0 aliphatic rings. The Kier molecular flexibility index (Phi) is 3.77. The molecule has 0 bridgehead atoms. The lowest BCUT2D eigenvalue weighted by atomic mass is 10.1. The largest absolute Gasteiger partial charge is 0.469 e. The standard InChI is InChI=1S/C14H12N2O2/c15-10-11-3-5-12(6-4-11)14(17)16-8-7-13-2-1-9-18-13/h1-6,9H,7-8H2,(H,16,17). The molecule has 90 valence electrons. The van der Waals surface area contributed by atoms with Gasteiger partial charge in [-0.25, -0.2) is 0 Å². The molecule has 0 saturated carbocycles. The molecule has 4 nitrogen and oxygen atoms in total. The molecule has 4 heteroatoms. The monoisotopic (exact) mass is 240 g/mol. The molecule has 1 aromatic heterocycles. The van der Waals surface area contributed by atoms with Crippen molar-refractivity contribution in [2.45, 2.75) is 6.42 Å². The molecule has 0 unspecified atom stereocenters. The summed E-state index contributed by atoms with van der Waals surface area (Å²) in [5.41, 5.74) is 1.09. The fourth-order valence-electron chi connectivity index (χ4n) is 1.55. The molecule has 1 amide bonds. The van der Waals surface area contributed by atoms with Crippen LogP contribution in [0.4, 0.5) is 0 Å². The first-order chi connectivity index (χ1) is 8.79. The van der Waals surface area contributed by atoms with E-state index in [1.54, 1.807) is 30.5 Å². The van der Waals surface area contributed by atoms with Crippen LogP contribution >= 0.6 is 0 Å². The first kappa shape index (κ1) is 11.9. The number of benzene rings is 1. The van der Waals surface area contributed by atoms with Gasteiger partial charge in [-0.2, -0.15) is 5.26 Å². The molecule has 0 spiro atoms. The number of hydrogen-bond donors (Lipinski definition) is 1. The molecular formula is C14H12N2O2. The van der Waals surface area contributed by atoms with E-state index in [4.69, 9.17) is 9.68 Å². The van der Waals surface area contributed by atoms with E-state index < -0.39 is 0 Å². The topological polar surface area (TPSA) is 66.0 Å². The van der Waals surface area contributed by atoms with Crippen molar-refractivity contribution < 1.29 is 9.21 Å². The molecule has 0 fully saturated rings. The van der Waals surface area contributed by atoms with Crippen molar-refractivity contribution in [3.63, 3.8) is 0 Å². The van der Waals surface area contributed by atoms with E-state index in [1.165, 1.54) is 0 Å². The van der Waals surface area contributed by atoms with Gasteiger partial charge in [-0.3, -0.25) is 4.79 Å². The van der Waals surface area contributed by atoms with Gasteiger partial charge in [0.15, 0.2) is 0 Å². The smallest absolute Gasteiger partial charge is 0.251 e. The van der Waals surface area contributed by atoms with Crippen LogP contribution in [0.1, 0.15) is 21.7 Å². The molecule has 1 N–H and O–H groups in total. The molecule has 0 aliphatic heterocycles. The third-order valence-electron chi connectivity index (χ3n) is 2.51. The second-order valence-corrected chi connectivity index (χ2v) is 3.77. The highest BCUT2D eigenvalue weighted by atomic mass is 16.3. The van der Waals surface area contributed by atoms with E-state index in [0.717, 1.165) is 5.76 Å². The maximum atomic E-state index is 11.7. The first-order valence-corrected chi connectivity index (χ1v) is 5.60. The summed E-state index contributed by atoms with van der Waals surface area (Å²) in [6.07, 6.45) is 2.27. The summed E-state index contributed by atoms with van der Waals surface area (Å²) >= 11 is 0. The van der Waals surface area contributed by atoms with Gasteiger partial charge >= 0.3 is 0 Å². The van der Waals surface area contributed by atoms with Crippen LogP contribution in [0.5, 0.6) is 0 Å². The fraction of sp³-hybridized carbons (Fsp3) is 0.143. The molecule has 2 rings (SSSR count). The number of furan rings is 1. The number of nitriles is 1. The molecule has 0 saturated heterocycles. The Labute approximate surface area is 105 Å². The van der Waals surface area contributed by atoms with E-state index in [9.17, 15) is 4.79 Å². The maximum Gasteiger partial charge on any atom is 0.251 e. The highest BCUT2D eigenvalue weighted by Crippen LogP contribution is 2.04. The van der Waals surface area contributed by atoms with E-state index in [1.807, 2.05) is 18.2 Å². The van der Waals surface area contributed by atoms with Crippen LogP contribution in [0, 0.1) is 11.3 Å². The Bertz CT molecular complexity index is 550. The summed E-state index contributed by atoms with van der Waals surface area (Å²) in [5, 5.41) is 11.4. The maximum absolute atomic E-state index is 11.7. The zero-order valence-electron chi connectivity index (χ0n) is 9.72. The van der Waals surface area contributed by atoms with Gasteiger partial charge in [0.25, 0.3) is 5.91 Å². The minimum atomic E-state index is -0.147. The first-order valence-electron chi connectivity index (χ1n) is 5.60. The van der Waals surface area contributed by atoms with Crippen LogP contribution in [-0.4, -0.2) is 12.5 Å². The van der Waals surface area contributed by atoms with Gasteiger partial charge in [-0.15, -0.1) is 0 Å². The summed E-state index contributed by atoms with van der Waals surface area (Å²) in [4.78, 5) is 11.7. The van der Waals surface area contributed by atoms with Gasteiger partial charge in [0.05, 0.1) is 17.9 Å². The summed E-state index contributed by atoms with van der Waals surface area (Å²) in [6.45, 7) is 0.520. The van der Waals surface area contributed by atoms with Gasteiger partial charge in [0.1, 0.15) is 5.76 Å². The van der Waals surface area contributed by atoms with Crippen LogP contribution in [0.3, 0.4) is 0 Å². The van der Waals surface area contributed by atoms with Crippen molar-refractivity contribution in [3.05, 3.63) is 59.5 Å². The summed E-state index contributed by atoms with van der Waals surface area (Å²) < 4.78 is 5.16. The van der Waals surface area contributed by atoms with Crippen LogP contribution in [0.25, 0.3) is 0 Å². The van der Waals surface area contributed by atoms with Crippen LogP contribution in [0.2, 0.25) is 0 Å². The Morgan fingerprint density at radius 2 is 2.06 bits per heavy atom. The second kappa shape index (κ2) is 5.69. The van der Waals surface area contributed by atoms with Crippen molar-refractivity contribution in [2.75, 3.05) is 6.54 Å².